The molecule has 0 bridgehead atoms. The lowest BCUT2D eigenvalue weighted by atomic mass is 10.1. The summed E-state index contributed by atoms with van der Waals surface area (Å²) in [5.74, 6) is -0.501. The Bertz CT molecular complexity index is 1820. The number of aromatic nitrogens is 5. The van der Waals surface area contributed by atoms with Crippen LogP contribution in [0, 0.1) is 11.6 Å². The van der Waals surface area contributed by atoms with Crippen molar-refractivity contribution in [3.8, 4) is 17.1 Å². The first-order valence-corrected chi connectivity index (χ1v) is 11.4. The number of benzene rings is 3. The Kier molecular flexibility index (Phi) is 5.08. The number of aromatic amines is 1. The summed E-state index contributed by atoms with van der Waals surface area (Å²) >= 11 is 0. The van der Waals surface area contributed by atoms with E-state index in [1.54, 1.807) is 18.3 Å². The van der Waals surface area contributed by atoms with Crippen LogP contribution in [0.4, 0.5) is 8.78 Å². The number of rotatable bonds is 5. The van der Waals surface area contributed by atoms with Gasteiger partial charge in [-0.1, -0.05) is 24.3 Å². The third-order valence-corrected chi connectivity index (χ3v) is 6.51. The molecular weight excluding hydrogens is 462 g/mol. The molecule has 0 saturated heterocycles. The quantitative estimate of drug-likeness (QED) is 0.379. The minimum atomic E-state index is -0.480. The number of nitrogens with zero attached hydrogens (tertiary/aromatic N) is 4. The second-order valence-corrected chi connectivity index (χ2v) is 8.83. The van der Waals surface area contributed by atoms with Gasteiger partial charge in [0, 0.05) is 54.4 Å². The van der Waals surface area contributed by atoms with Gasteiger partial charge in [-0.25, -0.2) is 23.2 Å². The number of H-pyrrole nitrogens is 1. The van der Waals surface area contributed by atoms with Crippen molar-refractivity contribution in [2.75, 3.05) is 0 Å². The number of nitrogens with two attached hydrogens (primary N) is 1. The summed E-state index contributed by atoms with van der Waals surface area (Å²) in [6, 6.07) is 16.9. The molecule has 6 rings (SSSR count). The van der Waals surface area contributed by atoms with Crippen molar-refractivity contribution in [1.82, 2.24) is 23.9 Å². The molecule has 6 aromatic rings. The van der Waals surface area contributed by atoms with Gasteiger partial charge in [-0.2, -0.15) is 5.10 Å². The van der Waals surface area contributed by atoms with Gasteiger partial charge in [0.05, 0.1) is 11.2 Å². The summed E-state index contributed by atoms with van der Waals surface area (Å²) in [4.78, 5) is 13.1. The average molecular weight is 485 g/mol. The first kappa shape index (κ1) is 22.0. The van der Waals surface area contributed by atoms with Crippen LogP contribution in [0.5, 0.6) is 0 Å². The highest BCUT2D eigenvalue weighted by atomic mass is 19.1. The predicted octanol–water partition coefficient (Wildman–Crippen LogP) is 4.46. The second-order valence-electron chi connectivity index (χ2n) is 8.83. The van der Waals surface area contributed by atoms with Crippen LogP contribution >= 0.6 is 0 Å². The Morgan fingerprint density at radius 3 is 2.42 bits per heavy atom. The van der Waals surface area contributed by atoms with E-state index < -0.39 is 17.3 Å². The van der Waals surface area contributed by atoms with Gasteiger partial charge in [0.15, 0.2) is 5.82 Å². The van der Waals surface area contributed by atoms with Gasteiger partial charge in [0.1, 0.15) is 11.6 Å². The maximum atomic E-state index is 14.4. The zero-order valence-electron chi connectivity index (χ0n) is 19.4. The van der Waals surface area contributed by atoms with Crippen molar-refractivity contribution < 1.29 is 8.78 Å². The molecule has 0 aliphatic heterocycles. The molecule has 180 valence electrons. The van der Waals surface area contributed by atoms with Crippen molar-refractivity contribution >= 4 is 21.8 Å². The van der Waals surface area contributed by atoms with Crippen LogP contribution in [-0.4, -0.2) is 23.9 Å². The standard InChI is InChI=1S/C27H22F2N6O/c1-33-14-22(20-10-18(28)5-7-23(20)33)26-31-32-27(36)35(26)25-15-34(24-8-6-19(29)11-21(24)25)13-17-4-2-3-16(9-17)12-30/h2-11,14-15H,12-13,30H2,1H3,(H,32,36). The summed E-state index contributed by atoms with van der Waals surface area (Å²) in [5.41, 5.74) is 9.96. The number of hydrogen-bond acceptors (Lipinski definition) is 3. The zero-order valence-corrected chi connectivity index (χ0v) is 19.4. The van der Waals surface area contributed by atoms with Crippen LogP contribution in [0.25, 0.3) is 38.9 Å². The van der Waals surface area contributed by atoms with Crippen molar-refractivity contribution in [1.29, 1.82) is 0 Å². The van der Waals surface area contributed by atoms with Crippen LogP contribution in [0.15, 0.2) is 77.9 Å². The lowest BCUT2D eigenvalue weighted by Crippen LogP contribution is -2.15. The van der Waals surface area contributed by atoms with E-state index in [0.29, 0.717) is 40.9 Å². The molecule has 0 fully saturated rings. The highest BCUT2D eigenvalue weighted by Crippen LogP contribution is 2.33. The Morgan fingerprint density at radius 2 is 1.64 bits per heavy atom. The molecule has 0 spiro atoms. The number of halogens is 2. The molecule has 0 saturated carbocycles. The fourth-order valence-corrected chi connectivity index (χ4v) is 4.85. The SMILES string of the molecule is Cn1cc(-c2n[nH]c(=O)n2-c2cn(Cc3cccc(CN)c3)c3ccc(F)cc23)c2cc(F)ccc21. The fourth-order valence-electron chi connectivity index (χ4n) is 4.85. The minimum Gasteiger partial charge on any atom is -0.350 e. The molecule has 0 aliphatic rings. The topological polar surface area (TPSA) is 86.6 Å². The van der Waals surface area contributed by atoms with Gasteiger partial charge in [-0.05, 0) is 47.5 Å². The van der Waals surface area contributed by atoms with Gasteiger partial charge < -0.3 is 14.9 Å². The monoisotopic (exact) mass is 484 g/mol. The van der Waals surface area contributed by atoms with E-state index in [1.165, 1.54) is 28.8 Å². The Balaban J connectivity index is 1.57. The van der Waals surface area contributed by atoms with Gasteiger partial charge >= 0.3 is 5.69 Å². The van der Waals surface area contributed by atoms with Crippen LogP contribution in [0.2, 0.25) is 0 Å². The molecule has 3 heterocycles. The third kappa shape index (κ3) is 3.52. The molecule has 7 nitrogen and oxygen atoms in total. The predicted molar refractivity (Wildman–Crippen MR) is 135 cm³/mol. The lowest BCUT2D eigenvalue weighted by Gasteiger charge is -2.07. The molecule has 0 amide bonds. The summed E-state index contributed by atoms with van der Waals surface area (Å²) in [7, 11) is 1.84. The molecule has 3 N–H and O–H groups in total. The molecule has 0 atom stereocenters. The molecule has 0 radical (unpaired) electrons. The molecule has 3 aromatic heterocycles. The molecule has 0 unspecified atom stereocenters. The third-order valence-electron chi connectivity index (χ3n) is 6.51. The lowest BCUT2D eigenvalue weighted by molar-refractivity contribution is 0.629. The average Bonchev–Trinajstić information content (AvgIpc) is 3.51. The number of hydrogen-bond donors (Lipinski definition) is 2. The van der Waals surface area contributed by atoms with Crippen molar-refractivity contribution in [2.24, 2.45) is 12.8 Å². The van der Waals surface area contributed by atoms with Gasteiger partial charge in [-0.15, -0.1) is 0 Å². The Morgan fingerprint density at radius 1 is 0.917 bits per heavy atom. The van der Waals surface area contributed by atoms with Gasteiger partial charge in [0.2, 0.25) is 0 Å². The maximum absolute atomic E-state index is 14.4. The second kappa shape index (κ2) is 8.31. The zero-order chi connectivity index (χ0) is 25.0. The highest BCUT2D eigenvalue weighted by Gasteiger charge is 2.21. The molecule has 36 heavy (non-hydrogen) atoms. The maximum Gasteiger partial charge on any atom is 0.348 e. The van der Waals surface area contributed by atoms with Crippen LogP contribution in [-0.2, 0) is 20.1 Å². The number of nitrogens with one attached hydrogen (secondary N) is 1. The normalized spacial score (nSPS) is 11.7. The van der Waals surface area contributed by atoms with Crippen molar-refractivity contribution in [3.63, 3.8) is 0 Å². The number of aryl methyl sites for hydroxylation is 1. The minimum absolute atomic E-state index is 0.310. The molecule has 3 aromatic carbocycles. The van der Waals surface area contributed by atoms with E-state index in [-0.39, 0.29) is 0 Å². The van der Waals surface area contributed by atoms with E-state index in [4.69, 9.17) is 5.73 Å². The van der Waals surface area contributed by atoms with E-state index in [2.05, 4.69) is 10.2 Å². The largest absolute Gasteiger partial charge is 0.350 e. The summed E-state index contributed by atoms with van der Waals surface area (Å²) in [6.45, 7) is 0.924. The molecule has 0 aliphatic carbocycles. The van der Waals surface area contributed by atoms with Gasteiger partial charge in [-0.3, -0.25) is 0 Å². The van der Waals surface area contributed by atoms with Gasteiger partial charge in [0.25, 0.3) is 0 Å². The number of fused-ring (bicyclic) bond motifs is 2. The Labute approximate surface area is 204 Å². The van der Waals surface area contributed by atoms with E-state index in [9.17, 15) is 13.6 Å². The first-order chi connectivity index (χ1) is 17.4. The summed E-state index contributed by atoms with van der Waals surface area (Å²) in [5, 5.41) is 7.96. The fraction of sp³-hybridized carbons (Fsp3) is 0.111. The molecule has 9 heteroatoms. The summed E-state index contributed by atoms with van der Waals surface area (Å²) in [6.07, 6.45) is 3.61. The van der Waals surface area contributed by atoms with E-state index in [1.807, 2.05) is 46.6 Å². The van der Waals surface area contributed by atoms with Crippen LogP contribution in [0.3, 0.4) is 0 Å². The Hall–Kier alpha value is -4.50. The van der Waals surface area contributed by atoms with E-state index >= 15 is 0 Å². The smallest absolute Gasteiger partial charge is 0.348 e. The van der Waals surface area contributed by atoms with Crippen LogP contribution < -0.4 is 11.4 Å². The van der Waals surface area contributed by atoms with Crippen molar-refractivity contribution in [2.45, 2.75) is 13.1 Å². The van der Waals surface area contributed by atoms with Crippen LogP contribution in [0.1, 0.15) is 11.1 Å². The summed E-state index contributed by atoms with van der Waals surface area (Å²) < 4.78 is 33.7. The highest BCUT2D eigenvalue weighted by molar-refractivity contribution is 5.96. The van der Waals surface area contributed by atoms with E-state index in [0.717, 1.165) is 22.2 Å². The first-order valence-electron chi connectivity index (χ1n) is 11.4. The van der Waals surface area contributed by atoms with Crippen molar-refractivity contribution in [3.05, 3.63) is 106 Å². The molecular formula is C27H22F2N6O.